The Morgan fingerprint density at radius 2 is 1.86 bits per heavy atom. The monoisotopic (exact) mass is 404 g/mol. The minimum Gasteiger partial charge on any atom is -0.354 e. The number of hydrogen-bond donors (Lipinski definition) is 1. The van der Waals surface area contributed by atoms with Crippen LogP contribution in [0.5, 0.6) is 0 Å². The van der Waals surface area contributed by atoms with E-state index in [1.165, 1.54) is 17.0 Å². The average molecular weight is 405 g/mol. The van der Waals surface area contributed by atoms with E-state index in [2.05, 4.69) is 5.32 Å². The molecule has 0 bridgehead atoms. The molecule has 0 unspecified atom stereocenters. The minimum atomic E-state index is -0.685. The number of amides is 2. The highest BCUT2D eigenvalue weighted by Gasteiger charge is 2.27. The summed E-state index contributed by atoms with van der Waals surface area (Å²) in [5, 5.41) is 3.06. The van der Waals surface area contributed by atoms with E-state index < -0.39 is 11.9 Å². The van der Waals surface area contributed by atoms with Crippen LogP contribution in [0.2, 0.25) is 5.02 Å². The fourth-order valence-corrected chi connectivity index (χ4v) is 3.08. The Bertz CT molecular complexity index is 778. The Labute approximate surface area is 170 Å². The molecule has 28 heavy (non-hydrogen) atoms. The molecule has 0 saturated heterocycles. The smallest absolute Gasteiger partial charge is 0.242 e. The summed E-state index contributed by atoms with van der Waals surface area (Å²) in [4.78, 5) is 27.0. The second-order valence-corrected chi connectivity index (χ2v) is 7.11. The van der Waals surface area contributed by atoms with E-state index in [-0.39, 0.29) is 35.4 Å². The molecule has 0 fully saturated rings. The largest absolute Gasteiger partial charge is 0.354 e. The number of carbonyl (C=O) groups excluding carboxylic acids is 2. The summed E-state index contributed by atoms with van der Waals surface area (Å²) in [6.07, 6.45) is 1.63. The number of hydrogen-bond acceptors (Lipinski definition) is 2. The predicted molar refractivity (Wildman–Crippen MR) is 109 cm³/mol. The van der Waals surface area contributed by atoms with Gasteiger partial charge in [0.1, 0.15) is 11.9 Å². The maximum atomic E-state index is 14.1. The van der Waals surface area contributed by atoms with Gasteiger partial charge in [-0.3, -0.25) is 9.59 Å². The molecule has 0 saturated carbocycles. The van der Waals surface area contributed by atoms with Crippen LogP contribution >= 0.6 is 11.6 Å². The standard InChI is InChI=1S/C22H26ClFN2O2/c1-3-4-13-25-22(28)16(2)26(15-17-9-6-5-7-10-17)21(27)14-18-19(23)11-8-12-20(18)24/h5-12,16H,3-4,13-15H2,1-2H3,(H,25,28)/t16-/m1/s1. The van der Waals surface area contributed by atoms with Gasteiger partial charge in [-0.15, -0.1) is 0 Å². The molecule has 0 aliphatic rings. The van der Waals surface area contributed by atoms with Crippen molar-refractivity contribution in [2.24, 2.45) is 0 Å². The van der Waals surface area contributed by atoms with Crippen molar-refractivity contribution in [3.8, 4) is 0 Å². The molecule has 1 N–H and O–H groups in total. The van der Waals surface area contributed by atoms with Gasteiger partial charge in [0.25, 0.3) is 0 Å². The summed E-state index contributed by atoms with van der Waals surface area (Å²) in [7, 11) is 0. The number of benzene rings is 2. The predicted octanol–water partition coefficient (Wildman–Crippen LogP) is 4.36. The van der Waals surface area contributed by atoms with Gasteiger partial charge >= 0.3 is 0 Å². The fourth-order valence-electron chi connectivity index (χ4n) is 2.85. The number of halogens is 2. The summed E-state index contributed by atoms with van der Waals surface area (Å²) < 4.78 is 14.1. The third kappa shape index (κ3) is 6.06. The molecule has 2 aromatic rings. The zero-order chi connectivity index (χ0) is 20.5. The van der Waals surface area contributed by atoms with Crippen LogP contribution < -0.4 is 5.32 Å². The number of rotatable bonds is 9. The van der Waals surface area contributed by atoms with Crippen LogP contribution in [0.25, 0.3) is 0 Å². The van der Waals surface area contributed by atoms with Gasteiger partial charge in [-0.05, 0) is 31.0 Å². The first kappa shape index (κ1) is 21.9. The Hall–Kier alpha value is -2.40. The average Bonchev–Trinajstić information content (AvgIpc) is 2.69. The van der Waals surface area contributed by atoms with Crippen LogP contribution in [0.4, 0.5) is 4.39 Å². The van der Waals surface area contributed by atoms with Crippen molar-refractivity contribution in [2.75, 3.05) is 6.54 Å². The number of carbonyl (C=O) groups is 2. The lowest BCUT2D eigenvalue weighted by Crippen LogP contribution is -2.48. The van der Waals surface area contributed by atoms with E-state index in [0.717, 1.165) is 18.4 Å². The van der Waals surface area contributed by atoms with Gasteiger partial charge in [-0.25, -0.2) is 4.39 Å². The molecule has 2 rings (SSSR count). The highest BCUT2D eigenvalue weighted by atomic mass is 35.5. The molecule has 0 radical (unpaired) electrons. The van der Waals surface area contributed by atoms with Gasteiger partial charge in [0, 0.05) is 23.7 Å². The summed E-state index contributed by atoms with van der Waals surface area (Å²) in [6.45, 7) is 4.55. The van der Waals surface area contributed by atoms with Gasteiger partial charge in [0.15, 0.2) is 0 Å². The fraction of sp³-hybridized carbons (Fsp3) is 0.364. The highest BCUT2D eigenvalue weighted by molar-refractivity contribution is 6.31. The van der Waals surface area contributed by atoms with Crippen molar-refractivity contribution in [1.29, 1.82) is 0 Å². The van der Waals surface area contributed by atoms with E-state index in [1.54, 1.807) is 13.0 Å². The van der Waals surface area contributed by atoms with Crippen molar-refractivity contribution < 1.29 is 14.0 Å². The van der Waals surface area contributed by atoms with Crippen molar-refractivity contribution in [3.05, 3.63) is 70.5 Å². The summed E-state index contributed by atoms with van der Waals surface area (Å²) in [5.41, 5.74) is 1.04. The topological polar surface area (TPSA) is 49.4 Å². The molecule has 0 heterocycles. The van der Waals surface area contributed by atoms with Crippen LogP contribution in [0.1, 0.15) is 37.8 Å². The Morgan fingerprint density at radius 3 is 2.50 bits per heavy atom. The second kappa shape index (κ2) is 10.8. The number of unbranched alkanes of at least 4 members (excludes halogenated alkanes) is 1. The summed E-state index contributed by atoms with van der Waals surface area (Å²) in [5.74, 6) is -1.10. The van der Waals surface area contributed by atoms with Crippen molar-refractivity contribution in [1.82, 2.24) is 10.2 Å². The van der Waals surface area contributed by atoms with E-state index in [1.807, 2.05) is 37.3 Å². The third-order valence-corrected chi connectivity index (χ3v) is 4.94. The third-order valence-electron chi connectivity index (χ3n) is 4.58. The zero-order valence-electron chi connectivity index (χ0n) is 16.3. The van der Waals surface area contributed by atoms with Gasteiger partial charge in [-0.1, -0.05) is 61.3 Å². The van der Waals surface area contributed by atoms with E-state index in [9.17, 15) is 14.0 Å². The van der Waals surface area contributed by atoms with E-state index in [4.69, 9.17) is 11.6 Å². The van der Waals surface area contributed by atoms with Crippen LogP contribution in [0, 0.1) is 5.82 Å². The van der Waals surface area contributed by atoms with Gasteiger partial charge in [0.05, 0.1) is 6.42 Å². The lowest BCUT2D eigenvalue weighted by molar-refractivity contribution is -0.140. The summed E-state index contributed by atoms with van der Waals surface area (Å²) >= 11 is 6.08. The molecule has 6 heteroatoms. The molecule has 2 aromatic carbocycles. The first-order valence-electron chi connectivity index (χ1n) is 9.48. The number of nitrogens with zero attached hydrogens (tertiary/aromatic N) is 1. The van der Waals surface area contributed by atoms with Crippen LogP contribution in [0.15, 0.2) is 48.5 Å². The van der Waals surface area contributed by atoms with Gasteiger partial charge < -0.3 is 10.2 Å². The van der Waals surface area contributed by atoms with Gasteiger partial charge in [-0.2, -0.15) is 0 Å². The quantitative estimate of drug-likeness (QED) is 0.631. The van der Waals surface area contributed by atoms with Crippen LogP contribution in [-0.4, -0.2) is 29.3 Å². The Morgan fingerprint density at radius 1 is 1.14 bits per heavy atom. The maximum absolute atomic E-state index is 14.1. The molecule has 4 nitrogen and oxygen atoms in total. The molecular weight excluding hydrogens is 379 g/mol. The lowest BCUT2D eigenvalue weighted by atomic mass is 10.1. The normalized spacial score (nSPS) is 11.7. The van der Waals surface area contributed by atoms with Crippen molar-refractivity contribution in [2.45, 2.75) is 45.7 Å². The van der Waals surface area contributed by atoms with Crippen LogP contribution in [-0.2, 0) is 22.6 Å². The van der Waals surface area contributed by atoms with Crippen LogP contribution in [0.3, 0.4) is 0 Å². The Balaban J connectivity index is 2.21. The molecule has 0 aliphatic heterocycles. The lowest BCUT2D eigenvalue weighted by Gasteiger charge is -2.29. The van der Waals surface area contributed by atoms with Crippen molar-refractivity contribution in [3.63, 3.8) is 0 Å². The number of nitrogens with one attached hydrogen (secondary N) is 1. The molecule has 1 atom stereocenters. The molecule has 0 aliphatic carbocycles. The molecule has 0 aromatic heterocycles. The molecule has 150 valence electrons. The first-order valence-corrected chi connectivity index (χ1v) is 9.85. The van der Waals surface area contributed by atoms with E-state index in [0.29, 0.717) is 6.54 Å². The summed E-state index contributed by atoms with van der Waals surface area (Å²) in [6, 6.07) is 13.0. The second-order valence-electron chi connectivity index (χ2n) is 6.70. The first-order chi connectivity index (χ1) is 13.4. The molecule has 2 amide bonds. The van der Waals surface area contributed by atoms with Gasteiger partial charge in [0.2, 0.25) is 11.8 Å². The maximum Gasteiger partial charge on any atom is 0.242 e. The minimum absolute atomic E-state index is 0.144. The highest BCUT2D eigenvalue weighted by Crippen LogP contribution is 2.21. The van der Waals surface area contributed by atoms with Crippen molar-refractivity contribution >= 4 is 23.4 Å². The molecule has 0 spiro atoms. The van der Waals surface area contributed by atoms with E-state index >= 15 is 0 Å². The Kier molecular flexibility index (Phi) is 8.45. The zero-order valence-corrected chi connectivity index (χ0v) is 17.0. The SMILES string of the molecule is CCCCNC(=O)[C@@H](C)N(Cc1ccccc1)C(=O)Cc1c(F)cccc1Cl. The molecular formula is C22H26ClFN2O2.